The molecule has 1 heterocycles. The Labute approximate surface area is 74.6 Å². The number of hydrogen-bond donors (Lipinski definition) is 0. The normalized spacial score (nSPS) is 16.4. The fourth-order valence-corrected chi connectivity index (χ4v) is 1.03. The van der Waals surface area contributed by atoms with Gasteiger partial charge in [-0.25, -0.2) is 4.79 Å². The van der Waals surface area contributed by atoms with Gasteiger partial charge in [-0.3, -0.25) is 4.18 Å². The lowest BCUT2D eigenvalue weighted by atomic mass is 10.4. The fourth-order valence-electron chi connectivity index (χ4n) is 0.646. The van der Waals surface area contributed by atoms with E-state index in [9.17, 15) is 13.2 Å². The topological polar surface area (TPSA) is 97.5 Å². The third-order valence-corrected chi connectivity index (χ3v) is 1.69. The largest absolute Gasteiger partial charge is 0.387 e. The molecule has 0 bridgehead atoms. The third kappa shape index (κ3) is 3.85. The number of azo groups is 1. The Morgan fingerprint density at radius 1 is 1.38 bits per heavy atom. The van der Waals surface area contributed by atoms with E-state index in [4.69, 9.17) is 0 Å². The van der Waals surface area contributed by atoms with Crippen LogP contribution in [-0.4, -0.2) is 33.1 Å². The lowest BCUT2D eigenvalue weighted by molar-refractivity contribution is 0.257. The van der Waals surface area contributed by atoms with Gasteiger partial charge >= 0.3 is 6.03 Å². The van der Waals surface area contributed by atoms with Crippen molar-refractivity contribution in [2.45, 2.75) is 6.42 Å². The molecule has 7 nitrogen and oxygen atoms in total. The van der Waals surface area contributed by atoms with Crippen LogP contribution in [0, 0.1) is 0 Å². The Morgan fingerprint density at radius 2 is 2.08 bits per heavy atom. The molecule has 0 aromatic carbocycles. The van der Waals surface area contributed by atoms with E-state index in [1.807, 2.05) is 0 Å². The number of aliphatic imine (C=N–C) groups is 1. The van der Waals surface area contributed by atoms with Crippen molar-refractivity contribution in [1.82, 2.24) is 0 Å². The predicted molar refractivity (Wildman–Crippen MR) is 43.1 cm³/mol. The first kappa shape index (κ1) is 9.93. The number of urea groups is 1. The quantitative estimate of drug-likeness (QED) is 0.618. The number of nitrogens with zero attached hydrogens (tertiary/aromatic N) is 3. The minimum atomic E-state index is -3.44. The monoisotopic (exact) mass is 205 g/mol. The van der Waals surface area contributed by atoms with E-state index in [-0.39, 0.29) is 18.9 Å². The van der Waals surface area contributed by atoms with Crippen LogP contribution in [-0.2, 0) is 14.3 Å². The average Bonchev–Trinajstić information content (AvgIpc) is 2.33. The molecule has 0 fully saturated rings. The smallest absolute Gasteiger partial charge is 0.270 e. The van der Waals surface area contributed by atoms with Crippen molar-refractivity contribution in [3.05, 3.63) is 0 Å². The van der Waals surface area contributed by atoms with Crippen LogP contribution in [0.5, 0.6) is 0 Å². The molecule has 0 aliphatic carbocycles. The first-order valence-electron chi connectivity index (χ1n) is 3.35. The molecular formula is C5H7N3O4S. The second-order valence-electron chi connectivity index (χ2n) is 2.29. The molecule has 0 aromatic heterocycles. The number of amides is 2. The second kappa shape index (κ2) is 3.71. The van der Waals surface area contributed by atoms with Crippen LogP contribution in [0.3, 0.4) is 0 Å². The van der Waals surface area contributed by atoms with E-state index in [1.54, 1.807) is 0 Å². The van der Waals surface area contributed by atoms with E-state index in [2.05, 4.69) is 19.4 Å². The van der Waals surface area contributed by atoms with Gasteiger partial charge in [0.25, 0.3) is 10.1 Å². The highest BCUT2D eigenvalue weighted by molar-refractivity contribution is 7.85. The maximum atomic E-state index is 10.5. The number of rotatable bonds is 4. The van der Waals surface area contributed by atoms with Gasteiger partial charge in [-0.1, -0.05) is 5.11 Å². The molecule has 0 unspecified atom stereocenters. The molecule has 0 atom stereocenters. The number of hydrogen-bond acceptors (Lipinski definition) is 5. The Kier molecular flexibility index (Phi) is 2.83. The van der Waals surface area contributed by atoms with Crippen LogP contribution in [0.1, 0.15) is 6.42 Å². The molecule has 0 spiro atoms. The highest BCUT2D eigenvalue weighted by Crippen LogP contribution is 2.02. The standard InChI is InChI=1S/C5H7N3O4S/c1-13(10,11)12-3-2-4-6-5(9)8-7-4/h2-3H2,1H3. The average molecular weight is 205 g/mol. The van der Waals surface area contributed by atoms with Gasteiger partial charge in [0, 0.05) is 6.42 Å². The zero-order valence-electron chi connectivity index (χ0n) is 6.80. The van der Waals surface area contributed by atoms with E-state index in [1.165, 1.54) is 0 Å². The molecule has 72 valence electrons. The van der Waals surface area contributed by atoms with Crippen molar-refractivity contribution < 1.29 is 17.4 Å². The van der Waals surface area contributed by atoms with Crippen molar-refractivity contribution in [3.8, 4) is 0 Å². The van der Waals surface area contributed by atoms with Crippen LogP contribution < -0.4 is 0 Å². The van der Waals surface area contributed by atoms with E-state index in [0.29, 0.717) is 0 Å². The van der Waals surface area contributed by atoms with Crippen molar-refractivity contribution in [2.24, 2.45) is 15.2 Å². The summed E-state index contributed by atoms with van der Waals surface area (Å²) in [5, 5.41) is 6.50. The van der Waals surface area contributed by atoms with Crippen LogP contribution in [0.4, 0.5) is 4.79 Å². The second-order valence-corrected chi connectivity index (χ2v) is 3.93. The maximum absolute atomic E-state index is 10.5. The van der Waals surface area contributed by atoms with E-state index in [0.717, 1.165) is 6.26 Å². The van der Waals surface area contributed by atoms with E-state index >= 15 is 0 Å². The lowest BCUT2D eigenvalue weighted by Gasteiger charge is -1.97. The van der Waals surface area contributed by atoms with Gasteiger partial charge in [0.15, 0.2) is 5.84 Å². The van der Waals surface area contributed by atoms with Crippen molar-refractivity contribution in [1.29, 1.82) is 0 Å². The molecule has 13 heavy (non-hydrogen) atoms. The number of carbonyl (C=O) groups is 1. The zero-order valence-corrected chi connectivity index (χ0v) is 7.61. The SMILES string of the molecule is CS(=O)(=O)OCCC1=NC(=O)N=N1. The Bertz CT molecular complexity index is 369. The molecule has 8 heteroatoms. The molecule has 1 rings (SSSR count). The van der Waals surface area contributed by atoms with Gasteiger partial charge in [0.2, 0.25) is 0 Å². The first-order valence-corrected chi connectivity index (χ1v) is 5.17. The highest BCUT2D eigenvalue weighted by Gasteiger charge is 2.10. The third-order valence-electron chi connectivity index (χ3n) is 1.10. The minimum Gasteiger partial charge on any atom is -0.270 e. The van der Waals surface area contributed by atoms with Gasteiger partial charge in [-0.2, -0.15) is 13.4 Å². The van der Waals surface area contributed by atoms with Crippen molar-refractivity contribution in [3.63, 3.8) is 0 Å². The van der Waals surface area contributed by atoms with Gasteiger partial charge < -0.3 is 0 Å². The molecular weight excluding hydrogens is 198 g/mol. The molecule has 0 radical (unpaired) electrons. The maximum Gasteiger partial charge on any atom is 0.387 e. The molecule has 0 saturated heterocycles. The summed E-state index contributed by atoms with van der Waals surface area (Å²) in [6.45, 7) is -0.0794. The lowest BCUT2D eigenvalue weighted by Crippen LogP contribution is -2.06. The van der Waals surface area contributed by atoms with Crippen LogP contribution in [0.2, 0.25) is 0 Å². The summed E-state index contributed by atoms with van der Waals surface area (Å²) < 4.78 is 25.4. The highest BCUT2D eigenvalue weighted by atomic mass is 32.2. The Hall–Kier alpha value is -1.15. The summed E-state index contributed by atoms with van der Waals surface area (Å²) in [5.41, 5.74) is 0. The molecule has 0 N–H and O–H groups in total. The molecule has 2 amide bonds. The van der Waals surface area contributed by atoms with Crippen LogP contribution in [0.25, 0.3) is 0 Å². The Balaban J connectivity index is 2.33. The fraction of sp³-hybridized carbons (Fsp3) is 0.600. The molecule has 1 aliphatic rings. The summed E-state index contributed by atoms with van der Waals surface area (Å²) in [7, 11) is -3.44. The van der Waals surface area contributed by atoms with Gasteiger partial charge in [-0.15, -0.1) is 5.11 Å². The summed E-state index contributed by atoms with van der Waals surface area (Å²) in [4.78, 5) is 13.8. The first-order chi connectivity index (χ1) is 5.97. The van der Waals surface area contributed by atoms with Crippen molar-refractivity contribution in [2.75, 3.05) is 12.9 Å². The predicted octanol–water partition coefficient (Wildman–Crippen LogP) is 0.337. The summed E-state index contributed by atoms with van der Waals surface area (Å²) >= 11 is 0. The summed E-state index contributed by atoms with van der Waals surface area (Å²) in [6.07, 6.45) is 1.10. The van der Waals surface area contributed by atoms with Gasteiger partial charge in [0.1, 0.15) is 0 Å². The zero-order chi connectivity index (χ0) is 9.90. The molecule has 0 saturated carbocycles. The van der Waals surface area contributed by atoms with Crippen LogP contribution in [0.15, 0.2) is 15.2 Å². The summed E-state index contributed by atoms with van der Waals surface area (Å²) in [6, 6.07) is -0.672. The Morgan fingerprint density at radius 3 is 2.54 bits per heavy atom. The van der Waals surface area contributed by atoms with E-state index < -0.39 is 16.1 Å². The number of amidine groups is 1. The summed E-state index contributed by atoms with van der Waals surface area (Å²) in [5.74, 6) is 0.189. The van der Waals surface area contributed by atoms with Crippen LogP contribution >= 0.6 is 0 Å². The van der Waals surface area contributed by atoms with Crippen molar-refractivity contribution >= 4 is 22.0 Å². The molecule has 0 aromatic rings. The number of carbonyl (C=O) groups excluding carboxylic acids is 1. The van der Waals surface area contributed by atoms with Gasteiger partial charge in [-0.05, 0) is 0 Å². The van der Waals surface area contributed by atoms with Gasteiger partial charge in [0.05, 0.1) is 12.9 Å². The molecule has 1 aliphatic heterocycles. The minimum absolute atomic E-state index is 0.0794.